The molecule has 0 spiro atoms. The van der Waals surface area contributed by atoms with Gasteiger partial charge in [0.25, 0.3) is 0 Å². The number of rotatable bonds is 5. The molecule has 1 aromatic carbocycles. The van der Waals surface area contributed by atoms with Crippen molar-refractivity contribution in [2.24, 2.45) is 0 Å². The number of allylic oxidation sites excluding steroid dienone is 3. The molecule has 134 valence electrons. The second kappa shape index (κ2) is 8.11. The van der Waals surface area contributed by atoms with Crippen molar-refractivity contribution in [3.8, 4) is 23.2 Å². The second-order valence-corrected chi connectivity index (χ2v) is 5.89. The molecule has 6 heteroatoms. The van der Waals surface area contributed by atoms with Gasteiger partial charge in [-0.05, 0) is 36.8 Å². The third-order valence-electron chi connectivity index (χ3n) is 3.74. The predicted molar refractivity (Wildman–Crippen MR) is 102 cm³/mol. The third-order valence-corrected chi connectivity index (χ3v) is 3.74. The fourth-order valence-electron chi connectivity index (χ4n) is 2.44. The molecule has 0 bridgehead atoms. The van der Waals surface area contributed by atoms with E-state index in [1.807, 2.05) is 43.3 Å². The minimum Gasteiger partial charge on any atom is -0.356 e. The largest absolute Gasteiger partial charge is 0.356 e. The zero-order valence-corrected chi connectivity index (χ0v) is 15.1. The van der Waals surface area contributed by atoms with Crippen LogP contribution in [0.15, 0.2) is 65.5 Å². The number of carbonyl (C=O) groups is 1. The molecular weight excluding hydrogens is 340 g/mol. The normalized spacial score (nSPS) is 11.0. The van der Waals surface area contributed by atoms with E-state index in [9.17, 15) is 4.79 Å². The lowest BCUT2D eigenvalue weighted by atomic mass is 10.1. The quantitative estimate of drug-likeness (QED) is 0.395. The number of carbonyl (C=O) groups excluding carboxylic acids is 1. The molecule has 0 aliphatic carbocycles. The van der Waals surface area contributed by atoms with Gasteiger partial charge in [-0.25, -0.2) is 9.67 Å². The summed E-state index contributed by atoms with van der Waals surface area (Å²) in [6.07, 6.45) is 4.93. The van der Waals surface area contributed by atoms with Gasteiger partial charge in [-0.2, -0.15) is 5.10 Å². The molecule has 3 aromatic rings. The lowest BCUT2D eigenvalue weighted by Gasteiger charge is -1.99. The van der Waals surface area contributed by atoms with Crippen molar-refractivity contribution in [3.63, 3.8) is 0 Å². The lowest BCUT2D eigenvalue weighted by molar-refractivity contribution is 0.0998. The molecule has 0 saturated carbocycles. The molecule has 0 saturated heterocycles. The SMILES string of the molecule is C=C/C=C(\C)C#Cc1ccc(-c2cc(Cn3ncnc3C(C)=O)no2)cc1. The van der Waals surface area contributed by atoms with Crippen LogP contribution in [0.25, 0.3) is 11.3 Å². The van der Waals surface area contributed by atoms with Gasteiger partial charge >= 0.3 is 0 Å². The van der Waals surface area contributed by atoms with E-state index >= 15 is 0 Å². The highest BCUT2D eigenvalue weighted by Crippen LogP contribution is 2.21. The summed E-state index contributed by atoms with van der Waals surface area (Å²) >= 11 is 0. The van der Waals surface area contributed by atoms with E-state index in [1.54, 1.807) is 6.08 Å². The van der Waals surface area contributed by atoms with Crippen molar-refractivity contribution in [3.05, 3.63) is 78.0 Å². The molecule has 0 aliphatic heterocycles. The van der Waals surface area contributed by atoms with E-state index in [0.717, 1.165) is 16.7 Å². The summed E-state index contributed by atoms with van der Waals surface area (Å²) in [5, 5.41) is 8.10. The molecule has 3 rings (SSSR count). The highest BCUT2D eigenvalue weighted by Gasteiger charge is 2.12. The van der Waals surface area contributed by atoms with Gasteiger partial charge in [0.2, 0.25) is 0 Å². The average Bonchev–Trinajstić information content (AvgIpc) is 3.31. The molecule has 0 atom stereocenters. The summed E-state index contributed by atoms with van der Waals surface area (Å²) in [5.74, 6) is 6.94. The smallest absolute Gasteiger partial charge is 0.196 e. The van der Waals surface area contributed by atoms with E-state index in [0.29, 0.717) is 23.8 Å². The first kappa shape index (κ1) is 18.1. The Kier molecular flexibility index (Phi) is 5.43. The number of ketones is 1. The summed E-state index contributed by atoms with van der Waals surface area (Å²) in [7, 11) is 0. The van der Waals surface area contributed by atoms with Crippen LogP contribution in [0.5, 0.6) is 0 Å². The Balaban J connectivity index is 1.74. The van der Waals surface area contributed by atoms with Gasteiger partial charge in [0, 0.05) is 24.1 Å². The topological polar surface area (TPSA) is 73.8 Å². The molecule has 0 radical (unpaired) electrons. The maximum atomic E-state index is 11.5. The molecular formula is C21H18N4O2. The number of aromatic nitrogens is 4. The monoisotopic (exact) mass is 358 g/mol. The zero-order valence-electron chi connectivity index (χ0n) is 15.1. The Morgan fingerprint density at radius 2 is 2.07 bits per heavy atom. The zero-order chi connectivity index (χ0) is 19.2. The van der Waals surface area contributed by atoms with E-state index in [2.05, 4.69) is 33.7 Å². The maximum Gasteiger partial charge on any atom is 0.196 e. The van der Waals surface area contributed by atoms with Crippen LogP contribution in [0.2, 0.25) is 0 Å². The molecule has 0 aliphatic rings. The number of benzene rings is 1. The van der Waals surface area contributed by atoms with Crippen LogP contribution in [-0.2, 0) is 6.54 Å². The summed E-state index contributed by atoms with van der Waals surface area (Å²) < 4.78 is 6.92. The van der Waals surface area contributed by atoms with Crippen molar-refractivity contribution in [2.45, 2.75) is 20.4 Å². The lowest BCUT2D eigenvalue weighted by Crippen LogP contribution is -2.10. The van der Waals surface area contributed by atoms with Crippen molar-refractivity contribution in [1.29, 1.82) is 0 Å². The summed E-state index contributed by atoms with van der Waals surface area (Å²) in [5.41, 5.74) is 3.41. The summed E-state index contributed by atoms with van der Waals surface area (Å²) in [6, 6.07) is 9.53. The van der Waals surface area contributed by atoms with Crippen LogP contribution in [0.4, 0.5) is 0 Å². The summed E-state index contributed by atoms with van der Waals surface area (Å²) in [6.45, 7) is 7.36. The summed E-state index contributed by atoms with van der Waals surface area (Å²) in [4.78, 5) is 15.5. The number of Topliss-reactive ketones (excluding diaryl/α,β-unsaturated/α-hetero) is 1. The van der Waals surface area contributed by atoms with Crippen LogP contribution in [0, 0.1) is 11.8 Å². The van der Waals surface area contributed by atoms with Crippen LogP contribution in [0.3, 0.4) is 0 Å². The molecule has 0 amide bonds. The second-order valence-electron chi connectivity index (χ2n) is 5.89. The van der Waals surface area contributed by atoms with Crippen molar-refractivity contribution in [1.82, 2.24) is 19.9 Å². The number of hydrogen-bond acceptors (Lipinski definition) is 5. The van der Waals surface area contributed by atoms with Crippen molar-refractivity contribution in [2.75, 3.05) is 0 Å². The van der Waals surface area contributed by atoms with Gasteiger partial charge in [0.15, 0.2) is 17.4 Å². The molecule has 6 nitrogen and oxygen atoms in total. The first-order valence-corrected chi connectivity index (χ1v) is 8.33. The maximum absolute atomic E-state index is 11.5. The van der Waals surface area contributed by atoms with Gasteiger partial charge in [-0.15, -0.1) is 0 Å². The fourth-order valence-corrected chi connectivity index (χ4v) is 2.44. The van der Waals surface area contributed by atoms with E-state index in [1.165, 1.54) is 17.9 Å². The highest BCUT2D eigenvalue weighted by molar-refractivity contribution is 5.90. The fraction of sp³-hybridized carbons (Fsp3) is 0.143. The average molecular weight is 358 g/mol. The van der Waals surface area contributed by atoms with Gasteiger partial charge in [-0.3, -0.25) is 4.79 Å². The molecule has 0 unspecified atom stereocenters. The molecule has 27 heavy (non-hydrogen) atoms. The standard InChI is InChI=1S/C21H18N4O2/c1-4-5-15(2)6-7-17-8-10-18(11-9-17)20-12-19(24-27-20)13-25-21(16(3)26)22-14-23-25/h4-5,8-12,14H,1,13H2,2-3H3/b15-5+. The van der Waals surface area contributed by atoms with Gasteiger partial charge < -0.3 is 4.52 Å². The Hall–Kier alpha value is -3.72. The Morgan fingerprint density at radius 3 is 2.78 bits per heavy atom. The number of hydrogen-bond donors (Lipinski definition) is 0. The van der Waals surface area contributed by atoms with Gasteiger partial charge in [0.05, 0.1) is 6.54 Å². The van der Waals surface area contributed by atoms with E-state index < -0.39 is 0 Å². The predicted octanol–water partition coefficient (Wildman–Crippen LogP) is 3.67. The van der Waals surface area contributed by atoms with Gasteiger partial charge in [-0.1, -0.05) is 35.7 Å². The van der Waals surface area contributed by atoms with Crippen LogP contribution in [0.1, 0.15) is 35.7 Å². The Labute approximate surface area is 157 Å². The highest BCUT2D eigenvalue weighted by atomic mass is 16.5. The van der Waals surface area contributed by atoms with Crippen molar-refractivity contribution < 1.29 is 9.32 Å². The Morgan fingerprint density at radius 1 is 1.30 bits per heavy atom. The van der Waals surface area contributed by atoms with E-state index in [-0.39, 0.29) is 5.78 Å². The minimum absolute atomic E-state index is 0.147. The minimum atomic E-state index is -0.147. The third kappa shape index (κ3) is 4.47. The van der Waals surface area contributed by atoms with Crippen LogP contribution in [-0.4, -0.2) is 25.7 Å². The first-order chi connectivity index (χ1) is 13.1. The molecule has 0 N–H and O–H groups in total. The number of nitrogens with zero attached hydrogens (tertiary/aromatic N) is 4. The Bertz CT molecular complexity index is 1060. The van der Waals surface area contributed by atoms with Crippen molar-refractivity contribution >= 4 is 5.78 Å². The molecule has 2 aromatic heterocycles. The van der Waals surface area contributed by atoms with Crippen LogP contribution < -0.4 is 0 Å². The van der Waals surface area contributed by atoms with Crippen LogP contribution >= 0.6 is 0 Å². The van der Waals surface area contributed by atoms with Gasteiger partial charge in [0.1, 0.15) is 12.0 Å². The molecule has 0 fully saturated rings. The first-order valence-electron chi connectivity index (χ1n) is 8.33. The van der Waals surface area contributed by atoms with E-state index in [4.69, 9.17) is 4.52 Å². The molecule has 2 heterocycles.